The van der Waals surface area contributed by atoms with Crippen molar-refractivity contribution >= 4 is 40.0 Å². The standard InChI is InChI=1S/C23H22O4S2/c24-19(22-10-6-14-28-22)16-21(23-11-7-15-29-23)27-13-5-4-12-26-17-20(25)18-8-2-1-3-9-18/h1-3,6-11,14-16H,4-5,12-13,17H2/b21-16+. The Kier molecular flexibility index (Phi) is 8.37. The lowest BCUT2D eigenvalue weighted by Crippen LogP contribution is -2.10. The van der Waals surface area contributed by atoms with Crippen LogP contribution in [-0.2, 0) is 9.47 Å². The van der Waals surface area contributed by atoms with E-state index in [9.17, 15) is 9.59 Å². The van der Waals surface area contributed by atoms with Crippen LogP contribution in [0.3, 0.4) is 0 Å². The Balaban J connectivity index is 1.40. The van der Waals surface area contributed by atoms with Gasteiger partial charge in [-0.2, -0.15) is 0 Å². The van der Waals surface area contributed by atoms with Crippen molar-refractivity contribution in [1.29, 1.82) is 0 Å². The molecule has 0 amide bonds. The van der Waals surface area contributed by atoms with Crippen molar-refractivity contribution in [3.05, 3.63) is 86.8 Å². The predicted molar refractivity (Wildman–Crippen MR) is 118 cm³/mol. The fourth-order valence-electron chi connectivity index (χ4n) is 2.57. The molecule has 3 aromatic rings. The van der Waals surface area contributed by atoms with Crippen LogP contribution in [0.1, 0.15) is 37.7 Å². The number of carbonyl (C=O) groups is 2. The van der Waals surface area contributed by atoms with Crippen molar-refractivity contribution in [2.75, 3.05) is 19.8 Å². The van der Waals surface area contributed by atoms with Gasteiger partial charge in [0.05, 0.1) is 16.4 Å². The molecule has 2 aromatic heterocycles. The van der Waals surface area contributed by atoms with E-state index in [1.165, 1.54) is 22.7 Å². The van der Waals surface area contributed by atoms with Gasteiger partial charge in [-0.05, 0) is 35.7 Å². The average Bonchev–Trinajstić information content (AvgIpc) is 3.47. The van der Waals surface area contributed by atoms with Crippen molar-refractivity contribution in [3.8, 4) is 0 Å². The molecule has 3 rings (SSSR count). The van der Waals surface area contributed by atoms with Crippen LogP contribution in [0, 0.1) is 0 Å². The second-order valence-corrected chi connectivity index (χ2v) is 8.12. The van der Waals surface area contributed by atoms with Gasteiger partial charge >= 0.3 is 0 Å². The van der Waals surface area contributed by atoms with Gasteiger partial charge in [0.15, 0.2) is 11.6 Å². The first-order chi connectivity index (χ1) is 14.2. The minimum atomic E-state index is -0.0499. The van der Waals surface area contributed by atoms with Crippen molar-refractivity contribution in [2.45, 2.75) is 12.8 Å². The molecule has 0 aliphatic heterocycles. The van der Waals surface area contributed by atoms with Gasteiger partial charge in [0.2, 0.25) is 0 Å². The van der Waals surface area contributed by atoms with E-state index in [-0.39, 0.29) is 18.2 Å². The number of hydrogen-bond donors (Lipinski definition) is 0. The van der Waals surface area contributed by atoms with Crippen LogP contribution in [0.15, 0.2) is 71.4 Å². The third kappa shape index (κ3) is 6.78. The van der Waals surface area contributed by atoms with Crippen LogP contribution in [0.25, 0.3) is 5.76 Å². The zero-order valence-corrected chi connectivity index (χ0v) is 17.5. The Morgan fingerprint density at radius 1 is 0.828 bits per heavy atom. The Labute approximate surface area is 178 Å². The lowest BCUT2D eigenvalue weighted by Gasteiger charge is -2.09. The molecule has 0 radical (unpaired) electrons. The van der Waals surface area contributed by atoms with Gasteiger partial charge in [-0.1, -0.05) is 42.5 Å². The number of ketones is 2. The molecule has 0 aliphatic carbocycles. The molecule has 0 saturated carbocycles. The summed E-state index contributed by atoms with van der Waals surface area (Å²) in [6.45, 7) is 1.06. The Hall–Kier alpha value is -2.54. The molecular weight excluding hydrogens is 404 g/mol. The number of benzene rings is 1. The molecule has 6 heteroatoms. The van der Waals surface area contributed by atoms with E-state index >= 15 is 0 Å². The Morgan fingerprint density at radius 3 is 2.21 bits per heavy atom. The molecule has 0 unspecified atom stereocenters. The maximum atomic E-state index is 12.4. The molecule has 0 fully saturated rings. The van der Waals surface area contributed by atoms with Gasteiger partial charge in [0.1, 0.15) is 12.4 Å². The van der Waals surface area contributed by atoms with Gasteiger partial charge in [0.25, 0.3) is 0 Å². The maximum absolute atomic E-state index is 12.4. The van der Waals surface area contributed by atoms with Crippen LogP contribution < -0.4 is 0 Å². The van der Waals surface area contributed by atoms with Gasteiger partial charge in [-0.25, -0.2) is 0 Å². The van der Waals surface area contributed by atoms with Crippen molar-refractivity contribution in [3.63, 3.8) is 0 Å². The highest BCUT2D eigenvalue weighted by Gasteiger charge is 2.10. The third-order valence-corrected chi connectivity index (χ3v) is 5.83. The Bertz CT molecular complexity index is 913. The van der Waals surface area contributed by atoms with Crippen molar-refractivity contribution in [1.82, 2.24) is 0 Å². The number of ether oxygens (including phenoxy) is 2. The van der Waals surface area contributed by atoms with E-state index < -0.39 is 0 Å². The first-order valence-electron chi connectivity index (χ1n) is 9.36. The normalized spacial score (nSPS) is 11.4. The molecule has 0 atom stereocenters. The predicted octanol–water partition coefficient (Wildman–Crippen LogP) is 5.73. The summed E-state index contributed by atoms with van der Waals surface area (Å²) >= 11 is 2.96. The third-order valence-electron chi connectivity index (χ3n) is 4.06. The zero-order valence-electron chi connectivity index (χ0n) is 15.9. The molecule has 29 heavy (non-hydrogen) atoms. The minimum Gasteiger partial charge on any atom is -0.492 e. The highest BCUT2D eigenvalue weighted by Crippen LogP contribution is 2.23. The highest BCUT2D eigenvalue weighted by atomic mass is 32.1. The lowest BCUT2D eigenvalue weighted by molar-refractivity contribution is 0.0746. The van der Waals surface area contributed by atoms with Gasteiger partial charge in [-0.15, -0.1) is 22.7 Å². The molecular formula is C23H22O4S2. The van der Waals surface area contributed by atoms with Crippen LogP contribution in [-0.4, -0.2) is 31.4 Å². The second-order valence-electron chi connectivity index (χ2n) is 6.22. The number of allylic oxidation sites excluding steroid dienone is 1. The number of carbonyl (C=O) groups excluding carboxylic acids is 2. The molecule has 0 saturated heterocycles. The smallest absolute Gasteiger partial charge is 0.199 e. The first-order valence-corrected chi connectivity index (χ1v) is 11.1. The number of thiophene rings is 2. The fourth-order valence-corrected chi connectivity index (χ4v) is 3.90. The van der Waals surface area contributed by atoms with Gasteiger partial charge < -0.3 is 9.47 Å². The largest absolute Gasteiger partial charge is 0.492 e. The highest BCUT2D eigenvalue weighted by molar-refractivity contribution is 7.12. The van der Waals surface area contributed by atoms with Gasteiger partial charge in [0, 0.05) is 18.2 Å². The summed E-state index contributed by atoms with van der Waals surface area (Å²) in [7, 11) is 0. The number of hydrogen-bond acceptors (Lipinski definition) is 6. The zero-order chi connectivity index (χ0) is 20.3. The second kappa shape index (κ2) is 11.5. The molecule has 0 N–H and O–H groups in total. The summed E-state index contributed by atoms with van der Waals surface area (Å²) in [5.74, 6) is 0.529. The van der Waals surface area contributed by atoms with E-state index in [1.54, 1.807) is 18.2 Å². The fraction of sp³-hybridized carbons (Fsp3) is 0.217. The molecule has 0 bridgehead atoms. The van der Waals surface area contributed by atoms with Crippen LogP contribution in [0.2, 0.25) is 0 Å². The summed E-state index contributed by atoms with van der Waals surface area (Å²) in [6.07, 6.45) is 3.11. The molecule has 0 aliphatic rings. The summed E-state index contributed by atoms with van der Waals surface area (Å²) in [6, 6.07) is 16.7. The van der Waals surface area contributed by atoms with E-state index in [0.29, 0.717) is 29.4 Å². The number of rotatable bonds is 12. The van der Waals surface area contributed by atoms with Gasteiger partial charge in [-0.3, -0.25) is 9.59 Å². The quantitative estimate of drug-likeness (QED) is 0.161. The monoisotopic (exact) mass is 426 g/mol. The van der Waals surface area contributed by atoms with E-state index in [2.05, 4.69) is 0 Å². The summed E-state index contributed by atoms with van der Waals surface area (Å²) < 4.78 is 11.4. The average molecular weight is 427 g/mol. The van der Waals surface area contributed by atoms with E-state index in [4.69, 9.17) is 9.47 Å². The minimum absolute atomic E-state index is 0.0168. The number of Topliss-reactive ketones (excluding diaryl/α,β-unsaturated/α-hetero) is 1. The van der Waals surface area contributed by atoms with E-state index in [1.807, 2.05) is 53.2 Å². The SMILES string of the molecule is O=C(COCCCCO/C(=C/C(=O)c1cccs1)c1cccs1)c1ccccc1. The van der Waals surface area contributed by atoms with Crippen LogP contribution in [0.5, 0.6) is 0 Å². The topological polar surface area (TPSA) is 52.6 Å². The first kappa shape index (κ1) is 21.2. The maximum Gasteiger partial charge on any atom is 0.199 e. The summed E-state index contributed by atoms with van der Waals surface area (Å²) in [5, 5.41) is 3.84. The van der Waals surface area contributed by atoms with Crippen molar-refractivity contribution < 1.29 is 19.1 Å². The molecule has 1 aromatic carbocycles. The van der Waals surface area contributed by atoms with Crippen LogP contribution >= 0.6 is 22.7 Å². The number of unbranched alkanes of at least 4 members (excludes halogenated alkanes) is 1. The van der Waals surface area contributed by atoms with E-state index in [0.717, 1.165) is 17.7 Å². The molecule has 0 spiro atoms. The molecule has 150 valence electrons. The van der Waals surface area contributed by atoms with Crippen LogP contribution in [0.4, 0.5) is 0 Å². The Morgan fingerprint density at radius 2 is 1.52 bits per heavy atom. The van der Waals surface area contributed by atoms with Crippen molar-refractivity contribution in [2.24, 2.45) is 0 Å². The summed E-state index contributed by atoms with van der Waals surface area (Å²) in [5.41, 5.74) is 0.664. The molecule has 4 nitrogen and oxygen atoms in total. The lowest BCUT2D eigenvalue weighted by atomic mass is 10.1. The summed E-state index contributed by atoms with van der Waals surface area (Å²) in [4.78, 5) is 26.0. The molecule has 2 heterocycles.